The van der Waals surface area contributed by atoms with Crippen molar-refractivity contribution >= 4 is 0 Å². The Balaban J connectivity index is 1.95. The maximum absolute atomic E-state index is 3.77. The monoisotopic (exact) mass is 252 g/mol. The number of nitrogens with zero attached hydrogens (tertiary/aromatic N) is 1. The van der Waals surface area contributed by atoms with Gasteiger partial charge in [-0.05, 0) is 38.5 Å². The molecule has 1 aliphatic heterocycles. The van der Waals surface area contributed by atoms with Crippen molar-refractivity contribution in [1.29, 1.82) is 0 Å². The summed E-state index contributed by atoms with van der Waals surface area (Å²) in [4.78, 5) is 2.82. The third-order valence-corrected chi connectivity index (χ3v) is 5.33. The Labute approximate surface area is 114 Å². The first-order valence-corrected chi connectivity index (χ1v) is 8.16. The zero-order valence-corrected chi connectivity index (χ0v) is 12.7. The van der Waals surface area contributed by atoms with Crippen LogP contribution in [0.2, 0.25) is 0 Å². The second-order valence-corrected chi connectivity index (χ2v) is 6.77. The van der Waals surface area contributed by atoms with Gasteiger partial charge in [-0.3, -0.25) is 4.90 Å². The van der Waals surface area contributed by atoms with E-state index in [1.807, 2.05) is 0 Å². The smallest absolute Gasteiger partial charge is 0.0304 e. The zero-order chi connectivity index (χ0) is 13.0. The van der Waals surface area contributed by atoms with Gasteiger partial charge in [0.15, 0.2) is 0 Å². The molecule has 0 amide bonds. The molecule has 2 unspecified atom stereocenters. The van der Waals surface area contributed by atoms with Crippen LogP contribution in [0, 0.1) is 5.92 Å². The van der Waals surface area contributed by atoms with Crippen molar-refractivity contribution in [3.05, 3.63) is 0 Å². The van der Waals surface area contributed by atoms with E-state index in [1.165, 1.54) is 64.6 Å². The fraction of sp³-hybridized carbons (Fsp3) is 1.00. The number of rotatable bonds is 5. The standard InChI is InChI=1S/C16H32N2/c1-4-8-15-12-18(11-14-9-6-7-10-14)16(3,5-2)13-17-15/h14-15,17H,4-13H2,1-3H3. The third-order valence-electron chi connectivity index (χ3n) is 5.33. The molecule has 0 spiro atoms. The minimum Gasteiger partial charge on any atom is -0.311 e. The molecule has 1 heterocycles. The fourth-order valence-electron chi connectivity index (χ4n) is 3.72. The van der Waals surface area contributed by atoms with Gasteiger partial charge in [-0.2, -0.15) is 0 Å². The predicted molar refractivity (Wildman–Crippen MR) is 78.9 cm³/mol. The summed E-state index contributed by atoms with van der Waals surface area (Å²) in [6.45, 7) is 10.9. The van der Waals surface area contributed by atoms with E-state index in [1.54, 1.807) is 0 Å². The minimum absolute atomic E-state index is 0.396. The van der Waals surface area contributed by atoms with Gasteiger partial charge in [-0.15, -0.1) is 0 Å². The molecule has 0 bridgehead atoms. The van der Waals surface area contributed by atoms with Crippen LogP contribution in [0.25, 0.3) is 0 Å². The van der Waals surface area contributed by atoms with Gasteiger partial charge >= 0.3 is 0 Å². The average molecular weight is 252 g/mol. The second kappa shape index (κ2) is 6.38. The summed E-state index contributed by atoms with van der Waals surface area (Å²) in [5.74, 6) is 0.983. The van der Waals surface area contributed by atoms with E-state index in [9.17, 15) is 0 Å². The second-order valence-electron chi connectivity index (χ2n) is 6.77. The summed E-state index contributed by atoms with van der Waals surface area (Å²) in [7, 11) is 0. The Morgan fingerprint density at radius 3 is 2.56 bits per heavy atom. The molecule has 0 aromatic carbocycles. The van der Waals surface area contributed by atoms with E-state index in [-0.39, 0.29) is 0 Å². The molecule has 0 radical (unpaired) electrons. The van der Waals surface area contributed by atoms with Gasteiger partial charge in [0.05, 0.1) is 0 Å². The van der Waals surface area contributed by atoms with Crippen LogP contribution < -0.4 is 5.32 Å². The lowest BCUT2D eigenvalue weighted by molar-refractivity contribution is 0.0336. The van der Waals surface area contributed by atoms with Crippen LogP contribution in [0.4, 0.5) is 0 Å². The lowest BCUT2D eigenvalue weighted by Crippen LogP contribution is -2.63. The Morgan fingerprint density at radius 1 is 1.22 bits per heavy atom. The van der Waals surface area contributed by atoms with Crippen LogP contribution in [0.15, 0.2) is 0 Å². The molecule has 2 heteroatoms. The van der Waals surface area contributed by atoms with E-state index >= 15 is 0 Å². The predicted octanol–water partition coefficient (Wildman–Crippen LogP) is 3.42. The van der Waals surface area contributed by atoms with E-state index in [2.05, 4.69) is 31.0 Å². The van der Waals surface area contributed by atoms with Crippen molar-refractivity contribution in [2.75, 3.05) is 19.6 Å². The third kappa shape index (κ3) is 3.27. The maximum atomic E-state index is 3.77. The van der Waals surface area contributed by atoms with Crippen LogP contribution in [0.5, 0.6) is 0 Å². The Bertz CT molecular complexity index is 247. The highest BCUT2D eigenvalue weighted by atomic mass is 15.3. The normalized spacial score (nSPS) is 35.2. The van der Waals surface area contributed by atoms with E-state index in [4.69, 9.17) is 0 Å². The summed E-state index contributed by atoms with van der Waals surface area (Å²) in [6, 6.07) is 0.732. The van der Waals surface area contributed by atoms with Gasteiger partial charge in [0, 0.05) is 31.2 Å². The van der Waals surface area contributed by atoms with Gasteiger partial charge in [0.25, 0.3) is 0 Å². The molecule has 2 atom stereocenters. The van der Waals surface area contributed by atoms with Crippen LogP contribution in [0.1, 0.15) is 65.7 Å². The molecule has 1 aliphatic carbocycles. The van der Waals surface area contributed by atoms with Crippen molar-refractivity contribution < 1.29 is 0 Å². The Hall–Kier alpha value is -0.0800. The number of hydrogen-bond donors (Lipinski definition) is 1. The highest BCUT2D eigenvalue weighted by molar-refractivity contribution is 4.96. The summed E-state index contributed by atoms with van der Waals surface area (Å²) in [5.41, 5.74) is 0.396. The Morgan fingerprint density at radius 2 is 1.94 bits per heavy atom. The number of piperazine rings is 1. The lowest BCUT2D eigenvalue weighted by Gasteiger charge is -2.49. The molecule has 2 aliphatic rings. The van der Waals surface area contributed by atoms with Crippen molar-refractivity contribution in [2.24, 2.45) is 5.92 Å². The average Bonchev–Trinajstić information content (AvgIpc) is 2.87. The molecule has 1 saturated heterocycles. The summed E-state index contributed by atoms with van der Waals surface area (Å²) in [6.07, 6.45) is 9.80. The van der Waals surface area contributed by atoms with Crippen LogP contribution in [0.3, 0.4) is 0 Å². The van der Waals surface area contributed by atoms with E-state index in [0.29, 0.717) is 5.54 Å². The molecule has 18 heavy (non-hydrogen) atoms. The highest BCUT2D eigenvalue weighted by Crippen LogP contribution is 2.30. The quantitative estimate of drug-likeness (QED) is 0.806. The summed E-state index contributed by atoms with van der Waals surface area (Å²) in [5, 5.41) is 3.77. The topological polar surface area (TPSA) is 15.3 Å². The molecule has 1 saturated carbocycles. The molecule has 0 aromatic heterocycles. The first kappa shape index (κ1) is 14.3. The molecule has 2 nitrogen and oxygen atoms in total. The van der Waals surface area contributed by atoms with E-state index < -0.39 is 0 Å². The Kier molecular flexibility index (Phi) is 5.08. The van der Waals surface area contributed by atoms with Crippen LogP contribution >= 0.6 is 0 Å². The van der Waals surface area contributed by atoms with Gasteiger partial charge in [0.1, 0.15) is 0 Å². The number of hydrogen-bond acceptors (Lipinski definition) is 2. The molecule has 2 rings (SSSR count). The van der Waals surface area contributed by atoms with Crippen LogP contribution in [-0.4, -0.2) is 36.1 Å². The summed E-state index contributed by atoms with van der Waals surface area (Å²) >= 11 is 0. The molecule has 106 valence electrons. The largest absolute Gasteiger partial charge is 0.311 e. The van der Waals surface area contributed by atoms with Gasteiger partial charge in [0.2, 0.25) is 0 Å². The maximum Gasteiger partial charge on any atom is 0.0304 e. The first-order chi connectivity index (χ1) is 8.68. The van der Waals surface area contributed by atoms with Crippen molar-refractivity contribution in [3.8, 4) is 0 Å². The minimum atomic E-state index is 0.396. The lowest BCUT2D eigenvalue weighted by atomic mass is 9.89. The van der Waals surface area contributed by atoms with Crippen molar-refractivity contribution in [1.82, 2.24) is 10.2 Å². The zero-order valence-electron chi connectivity index (χ0n) is 12.7. The molecule has 2 fully saturated rings. The molecule has 1 N–H and O–H groups in total. The van der Waals surface area contributed by atoms with Crippen molar-refractivity contribution in [2.45, 2.75) is 77.3 Å². The molecular weight excluding hydrogens is 220 g/mol. The number of nitrogens with one attached hydrogen (secondary N) is 1. The van der Waals surface area contributed by atoms with Crippen LogP contribution in [-0.2, 0) is 0 Å². The van der Waals surface area contributed by atoms with Gasteiger partial charge in [-0.25, -0.2) is 0 Å². The fourth-order valence-corrected chi connectivity index (χ4v) is 3.72. The molecule has 0 aromatic rings. The van der Waals surface area contributed by atoms with Gasteiger partial charge in [-0.1, -0.05) is 33.1 Å². The SMILES string of the molecule is CCCC1CN(CC2CCCC2)C(C)(CC)CN1. The highest BCUT2D eigenvalue weighted by Gasteiger charge is 2.37. The first-order valence-electron chi connectivity index (χ1n) is 8.16. The summed E-state index contributed by atoms with van der Waals surface area (Å²) < 4.78 is 0. The van der Waals surface area contributed by atoms with Crippen molar-refractivity contribution in [3.63, 3.8) is 0 Å². The van der Waals surface area contributed by atoms with E-state index in [0.717, 1.165) is 12.0 Å². The molecular formula is C16H32N2. The van der Waals surface area contributed by atoms with Gasteiger partial charge < -0.3 is 5.32 Å².